The molecule has 2 aliphatic rings. The SMILES string of the molecule is CC1(NC(=O)C2(C#N)CCCCCC2)CC1. The van der Waals surface area contributed by atoms with Gasteiger partial charge in [-0.3, -0.25) is 4.79 Å². The summed E-state index contributed by atoms with van der Waals surface area (Å²) < 4.78 is 0. The van der Waals surface area contributed by atoms with E-state index < -0.39 is 5.41 Å². The molecule has 0 unspecified atom stereocenters. The molecule has 2 aliphatic carbocycles. The van der Waals surface area contributed by atoms with Gasteiger partial charge in [0.15, 0.2) is 0 Å². The monoisotopic (exact) mass is 220 g/mol. The Hall–Kier alpha value is -1.04. The molecule has 0 aromatic carbocycles. The third-order valence-electron chi connectivity index (χ3n) is 4.02. The molecule has 1 amide bonds. The average molecular weight is 220 g/mol. The van der Waals surface area contributed by atoms with Gasteiger partial charge in [0.05, 0.1) is 6.07 Å². The van der Waals surface area contributed by atoms with E-state index >= 15 is 0 Å². The fourth-order valence-electron chi connectivity index (χ4n) is 2.43. The second-order valence-electron chi connectivity index (χ2n) is 5.62. The molecule has 2 saturated carbocycles. The van der Waals surface area contributed by atoms with Gasteiger partial charge in [0.2, 0.25) is 5.91 Å². The standard InChI is InChI=1S/C13H20N2O/c1-12(8-9-12)15-11(16)13(10-14)6-4-2-3-5-7-13/h2-9H2,1H3,(H,15,16). The van der Waals surface area contributed by atoms with Crippen LogP contribution >= 0.6 is 0 Å². The lowest BCUT2D eigenvalue weighted by Crippen LogP contribution is -2.45. The molecular formula is C13H20N2O. The molecule has 0 atom stereocenters. The molecular weight excluding hydrogens is 200 g/mol. The maximum absolute atomic E-state index is 12.2. The molecule has 1 N–H and O–H groups in total. The first kappa shape index (κ1) is 11.4. The van der Waals surface area contributed by atoms with E-state index in [-0.39, 0.29) is 11.4 Å². The van der Waals surface area contributed by atoms with Crippen molar-refractivity contribution in [2.45, 2.75) is 63.8 Å². The number of rotatable bonds is 2. The first-order chi connectivity index (χ1) is 7.60. The number of nitrogens with zero attached hydrogens (tertiary/aromatic N) is 1. The van der Waals surface area contributed by atoms with Crippen molar-refractivity contribution in [2.75, 3.05) is 0 Å². The van der Waals surface area contributed by atoms with Crippen molar-refractivity contribution < 1.29 is 4.79 Å². The summed E-state index contributed by atoms with van der Waals surface area (Å²) >= 11 is 0. The van der Waals surface area contributed by atoms with Gasteiger partial charge in [-0.25, -0.2) is 0 Å². The van der Waals surface area contributed by atoms with Crippen LogP contribution in [0.2, 0.25) is 0 Å². The molecule has 16 heavy (non-hydrogen) atoms. The van der Waals surface area contributed by atoms with Crippen molar-refractivity contribution >= 4 is 5.91 Å². The Labute approximate surface area is 97.2 Å². The summed E-state index contributed by atoms with van der Waals surface area (Å²) in [7, 11) is 0. The van der Waals surface area contributed by atoms with Gasteiger partial charge in [0.1, 0.15) is 5.41 Å². The Bertz CT molecular complexity index is 317. The fourth-order valence-corrected chi connectivity index (χ4v) is 2.43. The number of hydrogen-bond donors (Lipinski definition) is 1. The van der Waals surface area contributed by atoms with Crippen LogP contribution in [0.25, 0.3) is 0 Å². The van der Waals surface area contributed by atoms with Crippen molar-refractivity contribution in [1.29, 1.82) is 5.26 Å². The van der Waals surface area contributed by atoms with E-state index in [0.717, 1.165) is 51.4 Å². The zero-order chi connectivity index (χ0) is 11.6. The van der Waals surface area contributed by atoms with Gasteiger partial charge in [-0.15, -0.1) is 0 Å². The Morgan fingerprint density at radius 1 is 1.12 bits per heavy atom. The highest BCUT2D eigenvalue weighted by Gasteiger charge is 2.45. The predicted octanol–water partition coefficient (Wildman–Crippen LogP) is 2.52. The van der Waals surface area contributed by atoms with Crippen molar-refractivity contribution in [3.8, 4) is 6.07 Å². The Morgan fingerprint density at radius 3 is 2.12 bits per heavy atom. The van der Waals surface area contributed by atoms with E-state index in [1.807, 2.05) is 0 Å². The minimum Gasteiger partial charge on any atom is -0.350 e. The lowest BCUT2D eigenvalue weighted by Gasteiger charge is -2.25. The maximum atomic E-state index is 12.2. The minimum absolute atomic E-state index is 0.00671. The lowest BCUT2D eigenvalue weighted by atomic mass is 9.80. The molecule has 0 heterocycles. The highest BCUT2D eigenvalue weighted by molar-refractivity contribution is 5.86. The molecule has 0 aliphatic heterocycles. The van der Waals surface area contributed by atoms with Gasteiger partial charge < -0.3 is 5.32 Å². The summed E-state index contributed by atoms with van der Waals surface area (Å²) in [6.45, 7) is 2.06. The van der Waals surface area contributed by atoms with Crippen LogP contribution in [-0.2, 0) is 4.79 Å². The second-order valence-corrected chi connectivity index (χ2v) is 5.62. The van der Waals surface area contributed by atoms with Crippen LogP contribution in [0.4, 0.5) is 0 Å². The van der Waals surface area contributed by atoms with Gasteiger partial charge in [-0.2, -0.15) is 5.26 Å². The van der Waals surface area contributed by atoms with Crippen molar-refractivity contribution in [3.63, 3.8) is 0 Å². The van der Waals surface area contributed by atoms with Crippen LogP contribution < -0.4 is 5.32 Å². The third kappa shape index (κ3) is 2.21. The molecule has 0 saturated heterocycles. The lowest BCUT2D eigenvalue weighted by molar-refractivity contribution is -0.129. The fraction of sp³-hybridized carbons (Fsp3) is 0.846. The Kier molecular flexibility index (Phi) is 2.92. The van der Waals surface area contributed by atoms with E-state index in [4.69, 9.17) is 0 Å². The van der Waals surface area contributed by atoms with Gasteiger partial charge in [0, 0.05) is 5.54 Å². The first-order valence-electron chi connectivity index (χ1n) is 6.34. The molecule has 0 aromatic rings. The van der Waals surface area contributed by atoms with Gasteiger partial charge in [0.25, 0.3) is 0 Å². The highest BCUT2D eigenvalue weighted by atomic mass is 16.2. The van der Waals surface area contributed by atoms with Gasteiger partial charge >= 0.3 is 0 Å². The molecule has 88 valence electrons. The number of carbonyl (C=O) groups excluding carboxylic acids is 1. The Morgan fingerprint density at radius 2 is 1.69 bits per heavy atom. The van der Waals surface area contributed by atoms with E-state index in [2.05, 4.69) is 18.3 Å². The van der Waals surface area contributed by atoms with Crippen LogP contribution in [0.3, 0.4) is 0 Å². The van der Waals surface area contributed by atoms with Crippen LogP contribution in [0.5, 0.6) is 0 Å². The molecule has 2 rings (SSSR count). The zero-order valence-electron chi connectivity index (χ0n) is 10.0. The second kappa shape index (κ2) is 4.08. The molecule has 3 nitrogen and oxygen atoms in total. The summed E-state index contributed by atoms with van der Waals surface area (Å²) in [5.74, 6) is -0.0168. The Balaban J connectivity index is 2.07. The van der Waals surface area contributed by atoms with Crippen LogP contribution in [0.1, 0.15) is 58.3 Å². The summed E-state index contributed by atoms with van der Waals surface area (Å²) in [4.78, 5) is 12.2. The van der Waals surface area contributed by atoms with Crippen molar-refractivity contribution in [2.24, 2.45) is 5.41 Å². The number of amides is 1. The predicted molar refractivity (Wildman–Crippen MR) is 61.5 cm³/mol. The normalized spacial score (nSPS) is 26.2. The minimum atomic E-state index is -0.734. The van der Waals surface area contributed by atoms with Crippen LogP contribution in [0, 0.1) is 16.7 Å². The smallest absolute Gasteiger partial charge is 0.240 e. The zero-order valence-corrected chi connectivity index (χ0v) is 10.0. The average Bonchev–Trinajstić information content (AvgIpc) is 3.01. The summed E-state index contributed by atoms with van der Waals surface area (Å²) in [6, 6.07) is 2.30. The summed E-state index contributed by atoms with van der Waals surface area (Å²) in [6.07, 6.45) is 7.94. The van der Waals surface area contributed by atoms with Crippen molar-refractivity contribution in [1.82, 2.24) is 5.32 Å². The highest BCUT2D eigenvalue weighted by Crippen LogP contribution is 2.39. The topological polar surface area (TPSA) is 52.9 Å². The van der Waals surface area contributed by atoms with Crippen molar-refractivity contribution in [3.05, 3.63) is 0 Å². The molecule has 0 aromatic heterocycles. The van der Waals surface area contributed by atoms with Crippen LogP contribution in [0.15, 0.2) is 0 Å². The molecule has 0 bridgehead atoms. The van der Waals surface area contributed by atoms with E-state index in [9.17, 15) is 10.1 Å². The van der Waals surface area contributed by atoms with Crippen LogP contribution in [-0.4, -0.2) is 11.4 Å². The van der Waals surface area contributed by atoms with Gasteiger partial charge in [-0.1, -0.05) is 25.7 Å². The number of hydrogen-bond acceptors (Lipinski definition) is 2. The van der Waals surface area contributed by atoms with Gasteiger partial charge in [-0.05, 0) is 32.6 Å². The number of nitrogens with one attached hydrogen (secondary N) is 1. The largest absolute Gasteiger partial charge is 0.350 e. The van der Waals surface area contributed by atoms with E-state index in [0.29, 0.717) is 0 Å². The number of carbonyl (C=O) groups is 1. The van der Waals surface area contributed by atoms with E-state index in [1.165, 1.54) is 0 Å². The quantitative estimate of drug-likeness (QED) is 0.727. The summed E-state index contributed by atoms with van der Waals surface area (Å²) in [5, 5.41) is 12.4. The number of nitriles is 1. The molecule has 3 heteroatoms. The molecule has 0 radical (unpaired) electrons. The molecule has 2 fully saturated rings. The first-order valence-corrected chi connectivity index (χ1v) is 6.34. The third-order valence-corrected chi connectivity index (χ3v) is 4.02. The maximum Gasteiger partial charge on any atom is 0.240 e. The summed E-state index contributed by atoms with van der Waals surface area (Å²) in [5.41, 5.74) is -0.741. The van der Waals surface area contributed by atoms with E-state index in [1.54, 1.807) is 0 Å². The molecule has 0 spiro atoms.